The Morgan fingerprint density at radius 3 is 1.52 bits per heavy atom. The molecule has 0 saturated carbocycles. The van der Waals surface area contributed by atoms with E-state index in [-0.39, 0.29) is 12.1 Å². The molecule has 1 atom stereocenters. The topological polar surface area (TPSA) is 29.5 Å². The summed E-state index contributed by atoms with van der Waals surface area (Å²) in [6.07, 6.45) is 40.4. The van der Waals surface area contributed by atoms with E-state index in [1.165, 1.54) is 135 Å². The SMILES string of the molecule is CCCCCCCC=CCCC(CCCCCCCCCCCCCCCCC)OC(=O)CCCCCN(C)C. The molecule has 0 N–H and O–H groups in total. The Morgan fingerprint density at radius 1 is 0.550 bits per heavy atom. The number of nitrogens with zero attached hydrogens (tertiary/aromatic N) is 1. The fraction of sp³-hybridized carbons (Fsp3) is 0.919. The number of esters is 1. The van der Waals surface area contributed by atoms with Gasteiger partial charge in [0, 0.05) is 6.42 Å². The summed E-state index contributed by atoms with van der Waals surface area (Å²) in [6, 6.07) is 0. The molecule has 0 aromatic carbocycles. The van der Waals surface area contributed by atoms with Crippen LogP contribution < -0.4 is 0 Å². The smallest absolute Gasteiger partial charge is 0.306 e. The van der Waals surface area contributed by atoms with E-state index in [1.54, 1.807) is 0 Å². The van der Waals surface area contributed by atoms with Crippen LogP contribution in [0.25, 0.3) is 0 Å². The van der Waals surface area contributed by atoms with E-state index in [9.17, 15) is 4.79 Å². The summed E-state index contributed by atoms with van der Waals surface area (Å²) in [5, 5.41) is 0. The number of allylic oxidation sites excluding steroid dienone is 2. The van der Waals surface area contributed by atoms with Gasteiger partial charge in [0.1, 0.15) is 6.10 Å². The minimum absolute atomic E-state index is 0.0238. The van der Waals surface area contributed by atoms with Crippen molar-refractivity contribution in [3.8, 4) is 0 Å². The molecule has 0 aromatic heterocycles. The molecule has 40 heavy (non-hydrogen) atoms. The molecule has 3 heteroatoms. The van der Waals surface area contributed by atoms with Gasteiger partial charge in [-0.05, 0) is 72.0 Å². The molecule has 0 aliphatic rings. The number of rotatable bonds is 32. The highest BCUT2D eigenvalue weighted by molar-refractivity contribution is 5.69. The van der Waals surface area contributed by atoms with Crippen LogP contribution in [0.5, 0.6) is 0 Å². The minimum Gasteiger partial charge on any atom is -0.462 e. The number of carbonyl (C=O) groups is 1. The molecule has 0 heterocycles. The quantitative estimate of drug-likeness (QED) is 0.0463. The van der Waals surface area contributed by atoms with Gasteiger partial charge in [-0.25, -0.2) is 0 Å². The Kier molecular flexibility index (Phi) is 32.0. The van der Waals surface area contributed by atoms with Gasteiger partial charge >= 0.3 is 5.97 Å². The minimum atomic E-state index is 0.0238. The first-order chi connectivity index (χ1) is 19.6. The Balaban J connectivity index is 4.02. The van der Waals surface area contributed by atoms with Crippen molar-refractivity contribution >= 4 is 5.97 Å². The van der Waals surface area contributed by atoms with Crippen LogP contribution in [0.15, 0.2) is 12.2 Å². The number of unbranched alkanes of at least 4 members (excludes halogenated alkanes) is 21. The van der Waals surface area contributed by atoms with Gasteiger partial charge in [0.05, 0.1) is 0 Å². The highest BCUT2D eigenvalue weighted by Crippen LogP contribution is 2.18. The third kappa shape index (κ3) is 31.7. The van der Waals surface area contributed by atoms with Crippen LogP contribution in [-0.4, -0.2) is 37.6 Å². The molecule has 0 aliphatic carbocycles. The molecule has 0 amide bonds. The van der Waals surface area contributed by atoms with Crippen LogP contribution in [0.1, 0.15) is 194 Å². The summed E-state index contributed by atoms with van der Waals surface area (Å²) in [5.74, 6) is 0.0238. The molecule has 0 aliphatic heterocycles. The van der Waals surface area contributed by atoms with Gasteiger partial charge in [-0.2, -0.15) is 0 Å². The summed E-state index contributed by atoms with van der Waals surface area (Å²) in [5.41, 5.74) is 0. The van der Waals surface area contributed by atoms with Gasteiger partial charge in [0.25, 0.3) is 0 Å². The fourth-order valence-electron chi connectivity index (χ4n) is 5.51. The zero-order valence-electron chi connectivity index (χ0n) is 28.0. The number of hydrogen-bond donors (Lipinski definition) is 0. The van der Waals surface area contributed by atoms with Crippen molar-refractivity contribution in [3.05, 3.63) is 12.2 Å². The largest absolute Gasteiger partial charge is 0.462 e. The lowest BCUT2D eigenvalue weighted by Crippen LogP contribution is -2.18. The predicted octanol–water partition coefficient (Wildman–Crippen LogP) is 12.0. The molecule has 0 spiro atoms. The van der Waals surface area contributed by atoms with E-state index in [1.807, 2.05) is 0 Å². The lowest BCUT2D eigenvalue weighted by Gasteiger charge is -2.17. The van der Waals surface area contributed by atoms with Gasteiger partial charge < -0.3 is 9.64 Å². The third-order valence-corrected chi connectivity index (χ3v) is 8.21. The van der Waals surface area contributed by atoms with Crippen LogP contribution >= 0.6 is 0 Å². The van der Waals surface area contributed by atoms with Gasteiger partial charge in [-0.3, -0.25) is 4.79 Å². The Hall–Kier alpha value is -0.830. The van der Waals surface area contributed by atoms with Crippen molar-refractivity contribution in [1.29, 1.82) is 0 Å². The first-order valence-corrected chi connectivity index (χ1v) is 18.1. The average molecular weight is 564 g/mol. The predicted molar refractivity (Wildman–Crippen MR) is 178 cm³/mol. The van der Waals surface area contributed by atoms with Crippen LogP contribution in [0, 0.1) is 0 Å². The van der Waals surface area contributed by atoms with E-state index < -0.39 is 0 Å². The number of hydrogen-bond acceptors (Lipinski definition) is 3. The van der Waals surface area contributed by atoms with Gasteiger partial charge in [0.15, 0.2) is 0 Å². The second-order valence-corrected chi connectivity index (χ2v) is 12.7. The van der Waals surface area contributed by atoms with Crippen LogP contribution in [0.2, 0.25) is 0 Å². The summed E-state index contributed by atoms with van der Waals surface area (Å²) < 4.78 is 5.99. The van der Waals surface area contributed by atoms with Crippen molar-refractivity contribution in [1.82, 2.24) is 4.90 Å². The van der Waals surface area contributed by atoms with Crippen LogP contribution in [0.3, 0.4) is 0 Å². The fourth-order valence-corrected chi connectivity index (χ4v) is 5.51. The van der Waals surface area contributed by atoms with Crippen molar-refractivity contribution in [2.75, 3.05) is 20.6 Å². The molecule has 1 unspecified atom stereocenters. The van der Waals surface area contributed by atoms with Crippen molar-refractivity contribution in [2.45, 2.75) is 200 Å². The Morgan fingerprint density at radius 2 is 1.00 bits per heavy atom. The standard InChI is InChI=1S/C37H73NO2/c1-5-7-9-11-13-15-16-17-18-19-20-22-24-26-29-33-36(32-28-25-23-21-14-12-10-8-6-2)40-37(39)34-30-27-31-35-38(3)4/h23,25,36H,5-22,24,26-35H2,1-4H3. The summed E-state index contributed by atoms with van der Waals surface area (Å²) >= 11 is 0. The Bertz CT molecular complexity index is 530. The van der Waals surface area contributed by atoms with E-state index in [4.69, 9.17) is 4.74 Å². The summed E-state index contributed by atoms with van der Waals surface area (Å²) in [6.45, 7) is 5.66. The molecule has 3 nitrogen and oxygen atoms in total. The lowest BCUT2D eigenvalue weighted by atomic mass is 10.0. The molecule has 0 aromatic rings. The van der Waals surface area contributed by atoms with E-state index in [2.05, 4.69) is 45.0 Å². The van der Waals surface area contributed by atoms with Crippen molar-refractivity contribution in [2.24, 2.45) is 0 Å². The molecular weight excluding hydrogens is 490 g/mol. The molecule has 0 fully saturated rings. The highest BCUT2D eigenvalue weighted by Gasteiger charge is 2.13. The summed E-state index contributed by atoms with van der Waals surface area (Å²) in [4.78, 5) is 14.7. The number of carbonyl (C=O) groups excluding carboxylic acids is 1. The second-order valence-electron chi connectivity index (χ2n) is 12.7. The van der Waals surface area contributed by atoms with Gasteiger partial charge in [0.2, 0.25) is 0 Å². The molecular formula is C37H73NO2. The van der Waals surface area contributed by atoms with Crippen LogP contribution in [0.4, 0.5) is 0 Å². The molecule has 238 valence electrons. The first-order valence-electron chi connectivity index (χ1n) is 18.1. The monoisotopic (exact) mass is 564 g/mol. The molecule has 0 bridgehead atoms. The van der Waals surface area contributed by atoms with Crippen molar-refractivity contribution in [3.63, 3.8) is 0 Å². The maximum Gasteiger partial charge on any atom is 0.306 e. The van der Waals surface area contributed by atoms with Gasteiger partial charge in [-0.15, -0.1) is 0 Å². The third-order valence-electron chi connectivity index (χ3n) is 8.21. The second kappa shape index (κ2) is 32.7. The van der Waals surface area contributed by atoms with Crippen LogP contribution in [-0.2, 0) is 9.53 Å². The van der Waals surface area contributed by atoms with Crippen molar-refractivity contribution < 1.29 is 9.53 Å². The van der Waals surface area contributed by atoms with E-state index >= 15 is 0 Å². The zero-order valence-corrected chi connectivity index (χ0v) is 28.0. The molecule has 0 rings (SSSR count). The molecule has 0 saturated heterocycles. The Labute approximate surface area is 252 Å². The number of ether oxygens (including phenoxy) is 1. The zero-order chi connectivity index (χ0) is 29.4. The van der Waals surface area contributed by atoms with E-state index in [0.717, 1.165) is 45.1 Å². The summed E-state index contributed by atoms with van der Waals surface area (Å²) in [7, 11) is 4.22. The molecule has 0 radical (unpaired) electrons. The maximum atomic E-state index is 12.5. The van der Waals surface area contributed by atoms with Gasteiger partial charge in [-0.1, -0.05) is 148 Å². The maximum absolute atomic E-state index is 12.5. The highest BCUT2D eigenvalue weighted by atomic mass is 16.5. The normalized spacial score (nSPS) is 12.5. The first kappa shape index (κ1) is 39.2. The van der Waals surface area contributed by atoms with E-state index in [0.29, 0.717) is 6.42 Å². The lowest BCUT2D eigenvalue weighted by molar-refractivity contribution is -0.149. The average Bonchev–Trinajstić information content (AvgIpc) is 2.93.